The van der Waals surface area contributed by atoms with Crippen LogP contribution in [0.1, 0.15) is 36.4 Å². The van der Waals surface area contributed by atoms with Crippen molar-refractivity contribution in [3.8, 4) is 11.6 Å². The monoisotopic (exact) mass is 271 g/mol. The van der Waals surface area contributed by atoms with Gasteiger partial charge in [-0.15, -0.1) is 0 Å². The summed E-state index contributed by atoms with van der Waals surface area (Å²) in [7, 11) is 0. The lowest BCUT2D eigenvalue weighted by Gasteiger charge is -2.12. The number of hydrogen-bond donors (Lipinski definition) is 1. The van der Waals surface area contributed by atoms with Crippen molar-refractivity contribution in [2.24, 2.45) is 5.73 Å². The fraction of sp³-hybridized carbons (Fsp3) is 0.467. The third-order valence-electron chi connectivity index (χ3n) is 3.22. The average Bonchev–Trinajstić information content (AvgIpc) is 2.48. The van der Waals surface area contributed by atoms with E-state index in [2.05, 4.69) is 33.8 Å². The normalized spacial score (nSPS) is 10.8. The summed E-state index contributed by atoms with van der Waals surface area (Å²) in [4.78, 5) is 17.9. The van der Waals surface area contributed by atoms with Gasteiger partial charge in [0.25, 0.3) is 0 Å². The van der Waals surface area contributed by atoms with Gasteiger partial charge in [0, 0.05) is 23.8 Å². The molecule has 0 amide bonds. The highest BCUT2D eigenvalue weighted by molar-refractivity contribution is 5.45. The molecule has 0 saturated carbocycles. The zero-order valence-corrected chi connectivity index (χ0v) is 12.3. The highest BCUT2D eigenvalue weighted by atomic mass is 15.0. The molecule has 2 N–H and O–H groups in total. The molecule has 106 valence electrons. The third kappa shape index (κ3) is 2.99. The minimum Gasteiger partial charge on any atom is -0.330 e. The first-order valence-electron chi connectivity index (χ1n) is 7.07. The Balaban J connectivity index is 2.52. The van der Waals surface area contributed by atoms with Gasteiger partial charge in [-0.3, -0.25) is 0 Å². The third-order valence-corrected chi connectivity index (χ3v) is 3.22. The van der Waals surface area contributed by atoms with Gasteiger partial charge in [0.05, 0.1) is 0 Å². The summed E-state index contributed by atoms with van der Waals surface area (Å²) in [5.41, 5.74) is 10.0. The Kier molecular flexibility index (Phi) is 4.74. The van der Waals surface area contributed by atoms with Crippen LogP contribution in [-0.2, 0) is 19.3 Å². The lowest BCUT2D eigenvalue weighted by atomic mass is 10.0. The number of aromatic nitrogens is 4. The topological polar surface area (TPSA) is 77.6 Å². The quantitative estimate of drug-likeness (QED) is 0.898. The molecule has 0 aromatic carbocycles. The molecular formula is C15H21N5. The summed E-state index contributed by atoms with van der Waals surface area (Å²) < 4.78 is 0. The fourth-order valence-electron chi connectivity index (χ4n) is 2.21. The van der Waals surface area contributed by atoms with Crippen molar-refractivity contribution in [3.63, 3.8) is 0 Å². The molecule has 0 fully saturated rings. The standard InChI is InChI=1S/C15H21N5/c1-4-12-11(6-7-16)13(5-2)20-15(19-12)14-17-8-10(3)9-18-14/h8-9H,4-7,16H2,1-3H3. The molecule has 2 heterocycles. The van der Waals surface area contributed by atoms with Crippen LogP contribution in [-0.4, -0.2) is 26.5 Å². The van der Waals surface area contributed by atoms with Crippen LogP contribution in [0.4, 0.5) is 0 Å². The van der Waals surface area contributed by atoms with E-state index in [1.54, 1.807) is 12.4 Å². The van der Waals surface area contributed by atoms with Gasteiger partial charge in [-0.25, -0.2) is 19.9 Å². The second-order valence-electron chi connectivity index (χ2n) is 4.75. The van der Waals surface area contributed by atoms with Crippen molar-refractivity contribution in [1.29, 1.82) is 0 Å². The Morgan fingerprint density at radius 3 is 1.95 bits per heavy atom. The van der Waals surface area contributed by atoms with Gasteiger partial charge in [-0.2, -0.15) is 0 Å². The summed E-state index contributed by atoms with van der Waals surface area (Å²) in [5.74, 6) is 1.19. The van der Waals surface area contributed by atoms with Crippen molar-refractivity contribution < 1.29 is 0 Å². The van der Waals surface area contributed by atoms with Crippen LogP contribution in [0.5, 0.6) is 0 Å². The van der Waals surface area contributed by atoms with E-state index in [9.17, 15) is 0 Å². The summed E-state index contributed by atoms with van der Waals surface area (Å²) >= 11 is 0. The van der Waals surface area contributed by atoms with Gasteiger partial charge in [0.1, 0.15) is 0 Å². The van der Waals surface area contributed by atoms with Crippen molar-refractivity contribution >= 4 is 0 Å². The van der Waals surface area contributed by atoms with Crippen LogP contribution in [0, 0.1) is 6.92 Å². The summed E-state index contributed by atoms with van der Waals surface area (Å²) in [6.45, 7) is 6.77. The molecule has 5 heteroatoms. The first-order valence-corrected chi connectivity index (χ1v) is 7.07. The maximum Gasteiger partial charge on any atom is 0.198 e. The Hall–Kier alpha value is -1.88. The predicted octanol–water partition coefficient (Wildman–Crippen LogP) is 1.87. The van der Waals surface area contributed by atoms with Crippen LogP contribution in [0.25, 0.3) is 11.6 Å². The van der Waals surface area contributed by atoms with Gasteiger partial charge in [0.15, 0.2) is 11.6 Å². The van der Waals surface area contributed by atoms with E-state index in [0.29, 0.717) is 18.2 Å². The van der Waals surface area contributed by atoms with Crippen LogP contribution in [0.15, 0.2) is 12.4 Å². The minimum atomic E-state index is 0.583. The largest absolute Gasteiger partial charge is 0.330 e. The first kappa shape index (κ1) is 14.5. The highest BCUT2D eigenvalue weighted by Crippen LogP contribution is 2.18. The average molecular weight is 271 g/mol. The van der Waals surface area contributed by atoms with Crippen molar-refractivity contribution in [3.05, 3.63) is 34.9 Å². The molecule has 0 radical (unpaired) electrons. The molecule has 2 rings (SSSR count). The van der Waals surface area contributed by atoms with Crippen LogP contribution in [0.2, 0.25) is 0 Å². The van der Waals surface area contributed by atoms with E-state index < -0.39 is 0 Å². The second-order valence-corrected chi connectivity index (χ2v) is 4.75. The molecule has 5 nitrogen and oxygen atoms in total. The Morgan fingerprint density at radius 1 is 0.950 bits per heavy atom. The minimum absolute atomic E-state index is 0.583. The summed E-state index contributed by atoms with van der Waals surface area (Å²) in [5, 5.41) is 0. The molecule has 0 spiro atoms. The SMILES string of the molecule is CCc1nc(-c2ncc(C)cn2)nc(CC)c1CCN. The first-order chi connectivity index (χ1) is 9.69. The molecule has 20 heavy (non-hydrogen) atoms. The van der Waals surface area contributed by atoms with Gasteiger partial charge >= 0.3 is 0 Å². The van der Waals surface area contributed by atoms with Gasteiger partial charge in [-0.05, 0) is 43.9 Å². The van der Waals surface area contributed by atoms with Gasteiger partial charge in [-0.1, -0.05) is 13.8 Å². The molecule has 0 aliphatic heterocycles. The van der Waals surface area contributed by atoms with E-state index >= 15 is 0 Å². The zero-order valence-electron chi connectivity index (χ0n) is 12.3. The van der Waals surface area contributed by atoms with Gasteiger partial charge < -0.3 is 5.73 Å². The second kappa shape index (κ2) is 6.52. The van der Waals surface area contributed by atoms with Crippen molar-refractivity contribution in [2.45, 2.75) is 40.0 Å². The van der Waals surface area contributed by atoms with Crippen molar-refractivity contribution in [2.75, 3.05) is 6.54 Å². The molecule has 2 aromatic rings. The summed E-state index contributed by atoms with van der Waals surface area (Å²) in [6.07, 6.45) is 6.13. The smallest absolute Gasteiger partial charge is 0.198 e. The van der Waals surface area contributed by atoms with Crippen molar-refractivity contribution in [1.82, 2.24) is 19.9 Å². The molecule has 0 bridgehead atoms. The Labute approximate surface area is 119 Å². The lowest BCUT2D eigenvalue weighted by molar-refractivity contribution is 0.839. The van der Waals surface area contributed by atoms with Crippen LogP contribution < -0.4 is 5.73 Å². The highest BCUT2D eigenvalue weighted by Gasteiger charge is 2.14. The Bertz CT molecular complexity index is 552. The van der Waals surface area contributed by atoms with Gasteiger partial charge in [0.2, 0.25) is 0 Å². The number of nitrogens with two attached hydrogens (primary N) is 1. The maximum atomic E-state index is 5.69. The van der Waals surface area contributed by atoms with E-state index in [-0.39, 0.29) is 0 Å². The molecule has 0 saturated heterocycles. The van der Waals surface area contributed by atoms with Crippen LogP contribution >= 0.6 is 0 Å². The van der Waals surface area contributed by atoms with E-state index in [1.807, 2.05) is 6.92 Å². The molecule has 0 unspecified atom stereocenters. The lowest BCUT2D eigenvalue weighted by Crippen LogP contribution is -2.12. The Morgan fingerprint density at radius 2 is 1.50 bits per heavy atom. The van der Waals surface area contributed by atoms with Crippen LogP contribution in [0.3, 0.4) is 0 Å². The number of hydrogen-bond acceptors (Lipinski definition) is 5. The van der Waals surface area contributed by atoms with E-state index in [0.717, 1.165) is 36.2 Å². The molecular weight excluding hydrogens is 250 g/mol. The van der Waals surface area contributed by atoms with E-state index in [1.165, 1.54) is 5.56 Å². The fourth-order valence-corrected chi connectivity index (χ4v) is 2.21. The summed E-state index contributed by atoms with van der Waals surface area (Å²) in [6, 6.07) is 0. The van der Waals surface area contributed by atoms with E-state index in [4.69, 9.17) is 5.73 Å². The number of nitrogens with zero attached hydrogens (tertiary/aromatic N) is 4. The maximum absolute atomic E-state index is 5.69. The molecule has 2 aromatic heterocycles. The molecule has 0 aliphatic rings. The molecule has 0 aliphatic carbocycles. The number of aryl methyl sites for hydroxylation is 3. The number of rotatable bonds is 5. The predicted molar refractivity (Wildman–Crippen MR) is 79.3 cm³/mol. The zero-order chi connectivity index (χ0) is 14.5. The molecule has 0 atom stereocenters.